The number of methoxy groups -OCH3 is 1. The number of aryl methyl sites for hydroxylation is 1. The summed E-state index contributed by atoms with van der Waals surface area (Å²) in [5.74, 6) is -1.25. The molecule has 0 aliphatic carbocycles. The third-order valence-corrected chi connectivity index (χ3v) is 3.59. The summed E-state index contributed by atoms with van der Waals surface area (Å²) in [7, 11) is 1.23. The van der Waals surface area contributed by atoms with E-state index in [9.17, 15) is 9.18 Å². The van der Waals surface area contributed by atoms with Gasteiger partial charge in [-0.2, -0.15) is 0 Å². The number of hydrogen-bond acceptors (Lipinski definition) is 4. The standard InChI is InChI=1S/C13H12FNO2S/c1-3-12-10(7-15-18-12)8-4-5-11(14)9(6-8)13(16)17-2/h4-7H,3H2,1-2H3. The lowest BCUT2D eigenvalue weighted by Crippen LogP contribution is -2.04. The molecule has 0 saturated heterocycles. The lowest BCUT2D eigenvalue weighted by atomic mass is 10.0. The molecule has 0 amide bonds. The number of halogens is 1. The van der Waals surface area contributed by atoms with Gasteiger partial charge in [-0.15, -0.1) is 0 Å². The average Bonchev–Trinajstić information content (AvgIpc) is 2.86. The van der Waals surface area contributed by atoms with Gasteiger partial charge in [-0.1, -0.05) is 13.0 Å². The van der Waals surface area contributed by atoms with E-state index in [1.807, 2.05) is 6.92 Å². The highest BCUT2D eigenvalue weighted by atomic mass is 32.1. The van der Waals surface area contributed by atoms with Gasteiger partial charge in [0.05, 0.1) is 12.7 Å². The molecule has 0 aliphatic rings. The van der Waals surface area contributed by atoms with Crippen molar-refractivity contribution in [2.24, 2.45) is 0 Å². The summed E-state index contributed by atoms with van der Waals surface area (Å²) in [5, 5.41) is 0. The molecule has 0 radical (unpaired) electrons. The second-order valence-corrected chi connectivity index (χ2v) is 4.59. The van der Waals surface area contributed by atoms with E-state index in [1.54, 1.807) is 12.3 Å². The molecule has 0 unspecified atom stereocenters. The first-order valence-electron chi connectivity index (χ1n) is 5.49. The number of carbonyl (C=O) groups excluding carboxylic acids is 1. The van der Waals surface area contributed by atoms with Crippen LogP contribution in [0.3, 0.4) is 0 Å². The van der Waals surface area contributed by atoms with Gasteiger partial charge in [0.25, 0.3) is 0 Å². The Kier molecular flexibility index (Phi) is 3.72. The maximum absolute atomic E-state index is 13.5. The monoisotopic (exact) mass is 265 g/mol. The summed E-state index contributed by atoms with van der Waals surface area (Å²) >= 11 is 1.41. The number of carbonyl (C=O) groups is 1. The van der Waals surface area contributed by atoms with Crippen LogP contribution in [0, 0.1) is 5.82 Å². The lowest BCUT2D eigenvalue weighted by molar-refractivity contribution is 0.0595. The molecule has 5 heteroatoms. The number of aromatic nitrogens is 1. The number of benzene rings is 1. The van der Waals surface area contributed by atoms with Crippen molar-refractivity contribution in [3.63, 3.8) is 0 Å². The van der Waals surface area contributed by atoms with Crippen LogP contribution in [-0.2, 0) is 11.2 Å². The molecule has 0 atom stereocenters. The minimum atomic E-state index is -0.671. The third kappa shape index (κ3) is 2.26. The van der Waals surface area contributed by atoms with Gasteiger partial charge < -0.3 is 4.74 Å². The number of nitrogens with zero attached hydrogens (tertiary/aromatic N) is 1. The van der Waals surface area contributed by atoms with Gasteiger partial charge in [-0.25, -0.2) is 13.6 Å². The summed E-state index contributed by atoms with van der Waals surface area (Å²) in [6.45, 7) is 2.03. The summed E-state index contributed by atoms with van der Waals surface area (Å²) in [6, 6.07) is 4.42. The number of ether oxygens (including phenoxy) is 1. The molecule has 0 bridgehead atoms. The van der Waals surface area contributed by atoms with Crippen LogP contribution in [0.15, 0.2) is 24.4 Å². The quantitative estimate of drug-likeness (QED) is 0.799. The normalized spacial score (nSPS) is 10.4. The van der Waals surface area contributed by atoms with E-state index in [4.69, 9.17) is 0 Å². The first kappa shape index (κ1) is 12.7. The zero-order chi connectivity index (χ0) is 13.1. The van der Waals surface area contributed by atoms with Crippen molar-refractivity contribution in [2.45, 2.75) is 13.3 Å². The first-order valence-corrected chi connectivity index (χ1v) is 6.26. The molecule has 18 heavy (non-hydrogen) atoms. The predicted octanol–water partition coefficient (Wildman–Crippen LogP) is 3.30. The Morgan fingerprint density at radius 1 is 1.50 bits per heavy atom. The maximum atomic E-state index is 13.5. The van der Waals surface area contributed by atoms with Crippen LogP contribution >= 0.6 is 11.5 Å². The van der Waals surface area contributed by atoms with Crippen LogP contribution < -0.4 is 0 Å². The zero-order valence-corrected chi connectivity index (χ0v) is 10.9. The van der Waals surface area contributed by atoms with Crippen molar-refractivity contribution in [1.82, 2.24) is 4.37 Å². The number of esters is 1. The van der Waals surface area contributed by atoms with Crippen molar-refractivity contribution in [1.29, 1.82) is 0 Å². The second kappa shape index (κ2) is 5.27. The van der Waals surface area contributed by atoms with E-state index in [1.165, 1.54) is 30.8 Å². The Morgan fingerprint density at radius 3 is 2.94 bits per heavy atom. The maximum Gasteiger partial charge on any atom is 0.340 e. The Hall–Kier alpha value is -1.75. The van der Waals surface area contributed by atoms with E-state index < -0.39 is 11.8 Å². The van der Waals surface area contributed by atoms with Gasteiger partial charge in [0.1, 0.15) is 5.82 Å². The van der Waals surface area contributed by atoms with Crippen molar-refractivity contribution in [3.8, 4) is 11.1 Å². The molecular formula is C13H12FNO2S. The molecular weight excluding hydrogens is 253 g/mol. The van der Waals surface area contributed by atoms with Crippen molar-refractivity contribution < 1.29 is 13.9 Å². The van der Waals surface area contributed by atoms with Crippen molar-refractivity contribution in [3.05, 3.63) is 40.7 Å². The van der Waals surface area contributed by atoms with Crippen LogP contribution in [0.5, 0.6) is 0 Å². The van der Waals surface area contributed by atoms with E-state index >= 15 is 0 Å². The van der Waals surface area contributed by atoms with Crippen molar-refractivity contribution in [2.75, 3.05) is 7.11 Å². The van der Waals surface area contributed by atoms with Crippen molar-refractivity contribution >= 4 is 17.5 Å². The minimum absolute atomic E-state index is 0.0525. The van der Waals surface area contributed by atoms with Crippen LogP contribution in [0.4, 0.5) is 4.39 Å². The first-order chi connectivity index (χ1) is 8.67. The molecule has 0 saturated carbocycles. The van der Waals surface area contributed by atoms with Gasteiger partial charge in [0, 0.05) is 16.6 Å². The fourth-order valence-corrected chi connectivity index (χ4v) is 2.40. The van der Waals surface area contributed by atoms with Gasteiger partial charge in [0.15, 0.2) is 0 Å². The molecule has 0 spiro atoms. The molecule has 3 nitrogen and oxygen atoms in total. The van der Waals surface area contributed by atoms with Crippen LogP contribution in [0.2, 0.25) is 0 Å². The average molecular weight is 265 g/mol. The van der Waals surface area contributed by atoms with Gasteiger partial charge in [-0.05, 0) is 35.6 Å². The van der Waals surface area contributed by atoms with Crippen LogP contribution in [0.25, 0.3) is 11.1 Å². The Bertz CT molecular complexity index is 580. The smallest absolute Gasteiger partial charge is 0.340 e. The summed E-state index contributed by atoms with van der Waals surface area (Å²) in [5.41, 5.74) is 1.67. The van der Waals surface area contributed by atoms with E-state index in [-0.39, 0.29) is 5.56 Å². The molecule has 2 rings (SSSR count). The van der Waals surface area contributed by atoms with E-state index in [0.717, 1.165) is 22.4 Å². The Balaban J connectivity index is 2.50. The fourth-order valence-electron chi connectivity index (χ4n) is 1.71. The summed E-state index contributed by atoms with van der Waals surface area (Å²) < 4.78 is 22.2. The topological polar surface area (TPSA) is 39.2 Å². The molecule has 0 fully saturated rings. The van der Waals surface area contributed by atoms with E-state index in [2.05, 4.69) is 9.11 Å². The zero-order valence-electron chi connectivity index (χ0n) is 10.1. The predicted molar refractivity (Wildman–Crippen MR) is 68.2 cm³/mol. The number of rotatable bonds is 3. The highest BCUT2D eigenvalue weighted by Crippen LogP contribution is 2.28. The largest absolute Gasteiger partial charge is 0.465 e. The van der Waals surface area contributed by atoms with E-state index in [0.29, 0.717) is 0 Å². The van der Waals surface area contributed by atoms with Gasteiger partial charge >= 0.3 is 5.97 Å². The van der Waals surface area contributed by atoms with Crippen LogP contribution in [0.1, 0.15) is 22.2 Å². The molecule has 2 aromatic rings. The SMILES string of the molecule is CCc1sncc1-c1ccc(F)c(C(=O)OC)c1. The number of hydrogen-bond donors (Lipinski definition) is 0. The minimum Gasteiger partial charge on any atom is -0.465 e. The molecule has 1 heterocycles. The summed E-state index contributed by atoms with van der Waals surface area (Å²) in [6.07, 6.45) is 2.59. The molecule has 94 valence electrons. The Labute approximate surface area is 108 Å². The second-order valence-electron chi connectivity index (χ2n) is 3.70. The molecule has 0 N–H and O–H groups in total. The highest BCUT2D eigenvalue weighted by molar-refractivity contribution is 7.06. The fraction of sp³-hybridized carbons (Fsp3) is 0.231. The van der Waals surface area contributed by atoms with Crippen LogP contribution in [-0.4, -0.2) is 17.5 Å². The lowest BCUT2D eigenvalue weighted by Gasteiger charge is -2.05. The molecule has 1 aromatic heterocycles. The van der Waals surface area contributed by atoms with Gasteiger partial charge in [0.2, 0.25) is 0 Å². The van der Waals surface area contributed by atoms with Gasteiger partial charge in [-0.3, -0.25) is 0 Å². The molecule has 1 aromatic carbocycles. The summed E-state index contributed by atoms with van der Waals surface area (Å²) in [4.78, 5) is 12.5. The molecule has 0 aliphatic heterocycles. The third-order valence-electron chi connectivity index (χ3n) is 2.65. The Morgan fingerprint density at radius 2 is 2.28 bits per heavy atom. The highest BCUT2D eigenvalue weighted by Gasteiger charge is 2.15.